The van der Waals surface area contributed by atoms with Crippen molar-refractivity contribution in [2.24, 2.45) is 5.73 Å². The Hall–Kier alpha value is -1.80. The Balaban J connectivity index is 2.12. The van der Waals surface area contributed by atoms with Gasteiger partial charge >= 0.3 is 0 Å². The third-order valence-electron chi connectivity index (χ3n) is 4.56. The van der Waals surface area contributed by atoms with E-state index in [-0.39, 0.29) is 6.04 Å². The first-order valence-corrected chi connectivity index (χ1v) is 7.94. The fraction of sp³-hybridized carbons (Fsp3) is 0.368. The van der Waals surface area contributed by atoms with Crippen LogP contribution in [0.1, 0.15) is 43.9 Å². The van der Waals surface area contributed by atoms with Crippen LogP contribution in [0.25, 0.3) is 0 Å². The minimum absolute atomic E-state index is 0.0995. The molecule has 2 nitrogen and oxygen atoms in total. The van der Waals surface area contributed by atoms with Crippen LogP contribution in [0.4, 0.5) is 11.4 Å². The van der Waals surface area contributed by atoms with Crippen molar-refractivity contribution in [1.29, 1.82) is 0 Å². The first-order chi connectivity index (χ1) is 10.2. The Morgan fingerprint density at radius 2 is 1.76 bits per heavy atom. The molecule has 1 aliphatic rings. The molecule has 0 bridgehead atoms. The third kappa shape index (κ3) is 2.56. The SMILES string of the molecule is CC[C@@H](N)c1ccccc1N1c2ccccc2CCC1C. The first kappa shape index (κ1) is 14.2. The summed E-state index contributed by atoms with van der Waals surface area (Å²) in [4.78, 5) is 2.48. The molecule has 0 spiro atoms. The summed E-state index contributed by atoms with van der Waals surface area (Å²) in [5, 5.41) is 0. The van der Waals surface area contributed by atoms with Gasteiger partial charge in [0.2, 0.25) is 0 Å². The molecule has 1 unspecified atom stereocenters. The van der Waals surface area contributed by atoms with E-state index >= 15 is 0 Å². The second-order valence-corrected chi connectivity index (χ2v) is 5.96. The topological polar surface area (TPSA) is 29.3 Å². The summed E-state index contributed by atoms with van der Waals surface area (Å²) in [5.74, 6) is 0. The molecular formula is C19H24N2. The number of nitrogens with two attached hydrogens (primary N) is 1. The zero-order chi connectivity index (χ0) is 14.8. The van der Waals surface area contributed by atoms with Crippen LogP contribution in [0.15, 0.2) is 48.5 Å². The van der Waals surface area contributed by atoms with Crippen LogP contribution >= 0.6 is 0 Å². The lowest BCUT2D eigenvalue weighted by molar-refractivity contribution is 0.610. The zero-order valence-electron chi connectivity index (χ0n) is 12.9. The van der Waals surface area contributed by atoms with Crippen molar-refractivity contribution in [2.45, 2.75) is 45.2 Å². The number of benzene rings is 2. The van der Waals surface area contributed by atoms with E-state index in [0.717, 1.165) is 12.8 Å². The van der Waals surface area contributed by atoms with Gasteiger partial charge in [0.05, 0.1) is 0 Å². The van der Waals surface area contributed by atoms with Gasteiger partial charge in [-0.1, -0.05) is 43.3 Å². The Morgan fingerprint density at radius 3 is 2.52 bits per heavy atom. The summed E-state index contributed by atoms with van der Waals surface area (Å²) in [5.41, 5.74) is 11.6. The lowest BCUT2D eigenvalue weighted by Crippen LogP contribution is -2.34. The molecule has 0 saturated carbocycles. The normalized spacial score (nSPS) is 19.2. The van der Waals surface area contributed by atoms with E-state index in [1.54, 1.807) is 0 Å². The molecule has 110 valence electrons. The van der Waals surface area contributed by atoms with Gasteiger partial charge in [0.15, 0.2) is 0 Å². The van der Waals surface area contributed by atoms with Crippen molar-refractivity contribution >= 4 is 11.4 Å². The third-order valence-corrected chi connectivity index (χ3v) is 4.56. The minimum atomic E-state index is 0.0995. The number of fused-ring (bicyclic) bond motifs is 1. The second-order valence-electron chi connectivity index (χ2n) is 5.96. The number of nitrogens with zero attached hydrogens (tertiary/aromatic N) is 1. The Labute approximate surface area is 127 Å². The number of anilines is 2. The van der Waals surface area contributed by atoms with E-state index < -0.39 is 0 Å². The zero-order valence-corrected chi connectivity index (χ0v) is 12.9. The molecule has 0 aromatic heterocycles. The van der Waals surface area contributed by atoms with Gasteiger partial charge in [-0.15, -0.1) is 0 Å². The number of hydrogen-bond acceptors (Lipinski definition) is 2. The minimum Gasteiger partial charge on any atom is -0.338 e. The highest BCUT2D eigenvalue weighted by atomic mass is 15.2. The molecular weight excluding hydrogens is 256 g/mol. The van der Waals surface area contributed by atoms with Crippen LogP contribution in [0.5, 0.6) is 0 Å². The lowest BCUT2D eigenvalue weighted by atomic mass is 9.93. The number of rotatable bonds is 3. The van der Waals surface area contributed by atoms with Crippen LogP contribution in [0.3, 0.4) is 0 Å². The summed E-state index contributed by atoms with van der Waals surface area (Å²) < 4.78 is 0. The van der Waals surface area contributed by atoms with Crippen molar-refractivity contribution in [2.75, 3.05) is 4.90 Å². The van der Waals surface area contributed by atoms with Gasteiger partial charge in [-0.25, -0.2) is 0 Å². The molecule has 2 aromatic rings. The first-order valence-electron chi connectivity index (χ1n) is 7.94. The molecule has 0 radical (unpaired) electrons. The number of hydrogen-bond donors (Lipinski definition) is 1. The predicted molar refractivity (Wildman–Crippen MR) is 90.0 cm³/mol. The summed E-state index contributed by atoms with van der Waals surface area (Å²) in [6, 6.07) is 17.9. The van der Waals surface area contributed by atoms with Crippen molar-refractivity contribution in [1.82, 2.24) is 0 Å². The number of aryl methyl sites for hydroxylation is 1. The predicted octanol–water partition coefficient (Wildman–Crippen LogP) is 4.57. The van der Waals surface area contributed by atoms with E-state index in [4.69, 9.17) is 5.73 Å². The van der Waals surface area contributed by atoms with Gasteiger partial charge in [-0.2, -0.15) is 0 Å². The van der Waals surface area contributed by atoms with E-state index in [1.165, 1.54) is 28.9 Å². The molecule has 2 heteroatoms. The van der Waals surface area contributed by atoms with Gasteiger partial charge in [-0.3, -0.25) is 0 Å². The molecule has 21 heavy (non-hydrogen) atoms. The van der Waals surface area contributed by atoms with Crippen molar-refractivity contribution in [3.05, 3.63) is 59.7 Å². The molecule has 1 heterocycles. The fourth-order valence-corrected chi connectivity index (χ4v) is 3.30. The highest BCUT2D eigenvalue weighted by Gasteiger charge is 2.26. The summed E-state index contributed by atoms with van der Waals surface area (Å²) in [6.07, 6.45) is 3.31. The molecule has 2 aromatic carbocycles. The van der Waals surface area contributed by atoms with Crippen LogP contribution in [0.2, 0.25) is 0 Å². The fourth-order valence-electron chi connectivity index (χ4n) is 3.30. The molecule has 0 amide bonds. The molecule has 0 saturated heterocycles. The average molecular weight is 280 g/mol. The molecule has 3 rings (SSSR count). The second kappa shape index (κ2) is 5.90. The van der Waals surface area contributed by atoms with E-state index in [9.17, 15) is 0 Å². The average Bonchev–Trinajstić information content (AvgIpc) is 2.54. The quantitative estimate of drug-likeness (QED) is 0.892. The van der Waals surface area contributed by atoms with Crippen LogP contribution < -0.4 is 10.6 Å². The van der Waals surface area contributed by atoms with Gasteiger partial charge in [0.1, 0.15) is 0 Å². The maximum atomic E-state index is 6.34. The Kier molecular flexibility index (Phi) is 3.98. The van der Waals surface area contributed by atoms with Crippen molar-refractivity contribution in [3.63, 3.8) is 0 Å². The van der Waals surface area contributed by atoms with Gasteiger partial charge in [0.25, 0.3) is 0 Å². The Morgan fingerprint density at radius 1 is 1.10 bits per heavy atom. The van der Waals surface area contributed by atoms with Gasteiger partial charge in [0, 0.05) is 23.5 Å². The monoisotopic (exact) mass is 280 g/mol. The van der Waals surface area contributed by atoms with Crippen LogP contribution in [0, 0.1) is 0 Å². The summed E-state index contributed by atoms with van der Waals surface area (Å²) in [7, 11) is 0. The summed E-state index contributed by atoms with van der Waals surface area (Å²) in [6.45, 7) is 4.46. The molecule has 2 N–H and O–H groups in total. The molecule has 0 aliphatic carbocycles. The largest absolute Gasteiger partial charge is 0.338 e. The molecule has 0 fully saturated rings. The summed E-state index contributed by atoms with van der Waals surface area (Å²) >= 11 is 0. The maximum absolute atomic E-state index is 6.34. The molecule has 2 atom stereocenters. The maximum Gasteiger partial charge on any atom is 0.0461 e. The Bertz CT molecular complexity index is 620. The van der Waals surface area contributed by atoms with Crippen molar-refractivity contribution < 1.29 is 0 Å². The highest BCUT2D eigenvalue weighted by molar-refractivity contribution is 5.71. The number of para-hydroxylation sites is 2. The van der Waals surface area contributed by atoms with Crippen LogP contribution in [-0.4, -0.2) is 6.04 Å². The standard InChI is InChI=1S/C19H24N2/c1-3-17(20)16-9-5-7-11-19(16)21-14(2)12-13-15-8-4-6-10-18(15)21/h4-11,14,17H,3,12-13,20H2,1-2H3/t14?,17-/m1/s1. The van der Waals surface area contributed by atoms with E-state index in [0.29, 0.717) is 6.04 Å². The molecule has 1 aliphatic heterocycles. The van der Waals surface area contributed by atoms with Crippen LogP contribution in [-0.2, 0) is 6.42 Å². The van der Waals surface area contributed by atoms with Gasteiger partial charge < -0.3 is 10.6 Å². The van der Waals surface area contributed by atoms with E-state index in [2.05, 4.69) is 67.3 Å². The van der Waals surface area contributed by atoms with E-state index in [1.807, 2.05) is 0 Å². The smallest absolute Gasteiger partial charge is 0.0461 e. The highest BCUT2D eigenvalue weighted by Crippen LogP contribution is 2.39. The lowest BCUT2D eigenvalue weighted by Gasteiger charge is -2.38. The van der Waals surface area contributed by atoms with Gasteiger partial charge in [-0.05, 0) is 49.4 Å². The van der Waals surface area contributed by atoms with Crippen molar-refractivity contribution in [3.8, 4) is 0 Å².